The minimum atomic E-state index is -0.0480. The van der Waals surface area contributed by atoms with Crippen molar-refractivity contribution in [3.05, 3.63) is 23.5 Å². The summed E-state index contributed by atoms with van der Waals surface area (Å²) in [6.45, 7) is 5.93. The molecule has 1 aromatic rings. The van der Waals surface area contributed by atoms with Gasteiger partial charge in [-0.25, -0.2) is 4.79 Å². The molecule has 25 heavy (non-hydrogen) atoms. The number of urea groups is 1. The second-order valence-corrected chi connectivity index (χ2v) is 7.33. The molecule has 3 rings (SSSR count). The average Bonchev–Trinajstić information content (AvgIpc) is 3.24. The first-order valence-corrected chi connectivity index (χ1v) is 9.24. The van der Waals surface area contributed by atoms with Crippen LogP contribution in [0.1, 0.15) is 37.1 Å². The molecule has 1 unspecified atom stereocenters. The maximum Gasteiger partial charge on any atom is 0.321 e. The van der Waals surface area contributed by atoms with Gasteiger partial charge in [0.1, 0.15) is 0 Å². The number of pyridine rings is 1. The third-order valence-corrected chi connectivity index (χ3v) is 5.71. The number of aromatic nitrogens is 1. The summed E-state index contributed by atoms with van der Waals surface area (Å²) in [4.78, 5) is 21.6. The molecule has 2 fully saturated rings. The van der Waals surface area contributed by atoms with Gasteiger partial charge in [-0.15, -0.1) is 0 Å². The summed E-state index contributed by atoms with van der Waals surface area (Å²) in [6, 6.07) is 4.51. The van der Waals surface area contributed by atoms with E-state index in [2.05, 4.69) is 15.2 Å². The molecule has 1 saturated carbocycles. The Morgan fingerprint density at radius 2 is 2.12 bits per heavy atom. The van der Waals surface area contributed by atoms with E-state index in [-0.39, 0.29) is 12.1 Å². The Kier molecular flexibility index (Phi) is 5.59. The summed E-state index contributed by atoms with van der Waals surface area (Å²) in [6.07, 6.45) is 4.81. The van der Waals surface area contributed by atoms with Crippen molar-refractivity contribution in [3.63, 3.8) is 0 Å². The highest BCUT2D eigenvalue weighted by Gasteiger charge is 2.39. The van der Waals surface area contributed by atoms with Gasteiger partial charge in [-0.3, -0.25) is 9.88 Å². The third-order valence-electron chi connectivity index (χ3n) is 5.71. The lowest BCUT2D eigenvalue weighted by molar-refractivity contribution is 0.0907. The third kappa shape index (κ3) is 3.96. The zero-order valence-corrected chi connectivity index (χ0v) is 15.8. The number of ether oxygens (including phenoxy) is 1. The molecule has 2 aliphatic rings. The number of anilines is 1. The summed E-state index contributed by atoms with van der Waals surface area (Å²) in [5.41, 5.74) is 2.60. The summed E-state index contributed by atoms with van der Waals surface area (Å²) in [5, 5.41) is 3.03. The Labute approximate surface area is 150 Å². The maximum atomic E-state index is 12.8. The number of likely N-dealkylation sites (tertiary alicyclic amines) is 1. The van der Waals surface area contributed by atoms with E-state index in [1.165, 1.54) is 6.42 Å². The van der Waals surface area contributed by atoms with E-state index in [4.69, 9.17) is 4.74 Å². The van der Waals surface area contributed by atoms with Crippen molar-refractivity contribution in [2.75, 3.05) is 32.6 Å². The number of hydrogen-bond donors (Lipinski definition) is 1. The van der Waals surface area contributed by atoms with Crippen molar-refractivity contribution in [1.82, 2.24) is 14.8 Å². The van der Waals surface area contributed by atoms with Crippen LogP contribution in [0.3, 0.4) is 0 Å². The van der Waals surface area contributed by atoms with E-state index in [0.29, 0.717) is 12.1 Å². The van der Waals surface area contributed by atoms with E-state index >= 15 is 0 Å². The van der Waals surface area contributed by atoms with Crippen LogP contribution in [0.25, 0.3) is 0 Å². The zero-order chi connectivity index (χ0) is 18.0. The highest BCUT2D eigenvalue weighted by atomic mass is 16.5. The van der Waals surface area contributed by atoms with Gasteiger partial charge in [0.2, 0.25) is 0 Å². The van der Waals surface area contributed by atoms with Crippen LogP contribution in [-0.4, -0.2) is 66.2 Å². The summed E-state index contributed by atoms with van der Waals surface area (Å²) < 4.78 is 5.50. The summed E-state index contributed by atoms with van der Waals surface area (Å²) in [7, 11) is 3.71. The topological polar surface area (TPSA) is 57.7 Å². The zero-order valence-electron chi connectivity index (χ0n) is 15.8. The molecule has 138 valence electrons. The Hall–Kier alpha value is -1.66. The number of amides is 2. The Balaban J connectivity index is 1.64. The standard InChI is InChI=1S/C19H30N4O2/c1-13-8-9-16(14(2)20-13)21-19(24)22(3)17-6-5-7-18(17)23-11-10-15(12-23)25-4/h8-9,15,17-18H,5-7,10-12H2,1-4H3,(H,21,24)/t15?,17-,18+/m0/s1. The number of carbonyl (C=O) groups excluding carboxylic acids is 1. The van der Waals surface area contributed by atoms with Crippen molar-refractivity contribution in [1.29, 1.82) is 0 Å². The Morgan fingerprint density at radius 3 is 2.80 bits per heavy atom. The number of nitrogens with zero attached hydrogens (tertiary/aromatic N) is 3. The largest absolute Gasteiger partial charge is 0.380 e. The van der Waals surface area contributed by atoms with E-state index in [9.17, 15) is 4.79 Å². The first kappa shape index (κ1) is 18.1. The number of nitrogens with one attached hydrogen (secondary N) is 1. The SMILES string of the molecule is COC1CCN([C@@H]2CCC[C@@H]2N(C)C(=O)Nc2ccc(C)nc2C)C1. The molecule has 1 aromatic heterocycles. The lowest BCUT2D eigenvalue weighted by Gasteiger charge is -2.35. The quantitative estimate of drug-likeness (QED) is 0.911. The van der Waals surface area contributed by atoms with Gasteiger partial charge < -0.3 is 15.0 Å². The molecule has 6 heteroatoms. The fraction of sp³-hybridized carbons (Fsp3) is 0.684. The molecule has 0 bridgehead atoms. The van der Waals surface area contributed by atoms with Crippen molar-refractivity contribution >= 4 is 11.7 Å². The van der Waals surface area contributed by atoms with E-state index in [1.807, 2.05) is 37.9 Å². The molecule has 0 aromatic carbocycles. The first-order chi connectivity index (χ1) is 12.0. The van der Waals surface area contributed by atoms with Gasteiger partial charge >= 0.3 is 6.03 Å². The van der Waals surface area contributed by atoms with Crippen LogP contribution in [-0.2, 0) is 4.74 Å². The van der Waals surface area contributed by atoms with Gasteiger partial charge in [0.05, 0.1) is 17.5 Å². The predicted octanol–water partition coefficient (Wildman–Crippen LogP) is 2.80. The van der Waals surface area contributed by atoms with E-state index < -0.39 is 0 Å². The van der Waals surface area contributed by atoms with Crippen LogP contribution in [0.15, 0.2) is 12.1 Å². The van der Waals surface area contributed by atoms with E-state index in [1.54, 1.807) is 7.11 Å². The van der Waals surface area contributed by atoms with Crippen LogP contribution in [0.5, 0.6) is 0 Å². The van der Waals surface area contributed by atoms with Gasteiger partial charge in [-0.2, -0.15) is 0 Å². The minimum absolute atomic E-state index is 0.0480. The fourth-order valence-corrected chi connectivity index (χ4v) is 4.22. The second kappa shape index (κ2) is 7.70. The van der Waals surface area contributed by atoms with Crippen LogP contribution in [0, 0.1) is 13.8 Å². The molecule has 6 nitrogen and oxygen atoms in total. The number of methoxy groups -OCH3 is 1. The molecule has 3 atom stereocenters. The second-order valence-electron chi connectivity index (χ2n) is 7.33. The van der Waals surface area contributed by atoms with Crippen LogP contribution in [0.4, 0.5) is 10.5 Å². The van der Waals surface area contributed by atoms with Crippen LogP contribution in [0.2, 0.25) is 0 Å². The number of carbonyl (C=O) groups is 1. The fourth-order valence-electron chi connectivity index (χ4n) is 4.22. The molecule has 0 radical (unpaired) electrons. The van der Waals surface area contributed by atoms with Crippen LogP contribution < -0.4 is 5.32 Å². The van der Waals surface area contributed by atoms with Gasteiger partial charge in [0, 0.05) is 45.0 Å². The molecule has 1 aliphatic heterocycles. The van der Waals surface area contributed by atoms with Gasteiger partial charge in [-0.05, 0) is 51.7 Å². The van der Waals surface area contributed by atoms with Gasteiger partial charge in [0.15, 0.2) is 0 Å². The highest BCUT2D eigenvalue weighted by Crippen LogP contribution is 2.31. The number of aryl methyl sites for hydroxylation is 2. The molecular weight excluding hydrogens is 316 g/mol. The molecule has 2 amide bonds. The molecule has 1 N–H and O–H groups in total. The van der Waals surface area contributed by atoms with Gasteiger partial charge in [-0.1, -0.05) is 0 Å². The van der Waals surface area contributed by atoms with Gasteiger partial charge in [0.25, 0.3) is 0 Å². The van der Waals surface area contributed by atoms with Crippen molar-refractivity contribution in [3.8, 4) is 0 Å². The summed E-state index contributed by atoms with van der Waals surface area (Å²) >= 11 is 0. The lowest BCUT2D eigenvalue weighted by Crippen LogP contribution is -2.50. The number of hydrogen-bond acceptors (Lipinski definition) is 4. The molecule has 2 heterocycles. The first-order valence-electron chi connectivity index (χ1n) is 9.24. The molecule has 1 aliphatic carbocycles. The minimum Gasteiger partial charge on any atom is -0.380 e. The molecule has 0 spiro atoms. The highest BCUT2D eigenvalue weighted by molar-refractivity contribution is 5.90. The normalized spacial score (nSPS) is 26.8. The monoisotopic (exact) mass is 346 g/mol. The smallest absolute Gasteiger partial charge is 0.321 e. The molecule has 1 saturated heterocycles. The summed E-state index contributed by atoms with van der Waals surface area (Å²) in [5.74, 6) is 0. The average molecular weight is 346 g/mol. The maximum absolute atomic E-state index is 12.8. The predicted molar refractivity (Wildman–Crippen MR) is 98.9 cm³/mol. The molecular formula is C19H30N4O2. The van der Waals surface area contributed by atoms with E-state index in [0.717, 1.165) is 49.4 Å². The van der Waals surface area contributed by atoms with Crippen molar-refractivity contribution in [2.24, 2.45) is 0 Å². The van der Waals surface area contributed by atoms with Crippen LogP contribution >= 0.6 is 0 Å². The number of likely N-dealkylation sites (N-methyl/N-ethyl adjacent to an activating group) is 1. The Bertz CT molecular complexity index is 621. The van der Waals surface area contributed by atoms with Crippen molar-refractivity contribution < 1.29 is 9.53 Å². The van der Waals surface area contributed by atoms with Crippen molar-refractivity contribution in [2.45, 2.75) is 57.7 Å². The Morgan fingerprint density at radius 1 is 1.32 bits per heavy atom. The lowest BCUT2D eigenvalue weighted by atomic mass is 10.1. The number of rotatable bonds is 4.